The number of carbonyl (C=O) groups excluding carboxylic acids is 1. The van der Waals surface area contributed by atoms with Gasteiger partial charge in [-0.25, -0.2) is 13.6 Å². The second-order valence-electron chi connectivity index (χ2n) is 5.38. The molecule has 26 heavy (non-hydrogen) atoms. The van der Waals surface area contributed by atoms with Crippen LogP contribution >= 0.6 is 11.8 Å². The fourth-order valence-electron chi connectivity index (χ4n) is 2.12. The summed E-state index contributed by atoms with van der Waals surface area (Å²) >= 11 is -0.256. The van der Waals surface area contributed by atoms with Crippen LogP contribution in [0.3, 0.4) is 0 Å². The lowest BCUT2D eigenvalue weighted by molar-refractivity contribution is -0.0328. The number of thioether (sulfide) groups is 1. The van der Waals surface area contributed by atoms with Crippen molar-refractivity contribution in [1.29, 1.82) is 0 Å². The molecule has 0 aliphatic carbocycles. The van der Waals surface area contributed by atoms with Crippen molar-refractivity contribution in [2.75, 3.05) is 0 Å². The van der Waals surface area contributed by atoms with Gasteiger partial charge in [-0.2, -0.15) is 13.2 Å². The van der Waals surface area contributed by atoms with Crippen LogP contribution in [0.5, 0.6) is 0 Å². The third-order valence-corrected chi connectivity index (χ3v) is 5.07. The van der Waals surface area contributed by atoms with Crippen molar-refractivity contribution in [3.8, 4) is 0 Å². The van der Waals surface area contributed by atoms with Crippen molar-refractivity contribution in [3.05, 3.63) is 59.7 Å². The van der Waals surface area contributed by atoms with Crippen molar-refractivity contribution in [2.24, 2.45) is 5.14 Å². The fourth-order valence-corrected chi connectivity index (χ4v) is 3.17. The molecule has 0 fully saturated rings. The van der Waals surface area contributed by atoms with Gasteiger partial charge in [0.05, 0.1) is 10.9 Å². The highest BCUT2D eigenvalue weighted by atomic mass is 32.2. The summed E-state index contributed by atoms with van der Waals surface area (Å²) in [4.78, 5) is 12.1. The number of hydrogen-bond acceptors (Lipinski definition) is 4. The van der Waals surface area contributed by atoms with Gasteiger partial charge in [-0.05, 0) is 60.6 Å². The van der Waals surface area contributed by atoms with E-state index >= 15 is 0 Å². The Morgan fingerprint density at radius 3 is 2.08 bits per heavy atom. The molecule has 140 valence electrons. The Kier molecular flexibility index (Phi) is 5.99. The first-order chi connectivity index (χ1) is 12.0. The monoisotopic (exact) mass is 404 g/mol. The molecular weight excluding hydrogens is 389 g/mol. The number of nitrogens with two attached hydrogens (primary N) is 1. The highest BCUT2D eigenvalue weighted by Crippen LogP contribution is 2.36. The van der Waals surface area contributed by atoms with Crippen LogP contribution in [0.25, 0.3) is 0 Å². The van der Waals surface area contributed by atoms with Crippen LogP contribution in [0, 0.1) is 0 Å². The zero-order valence-electron chi connectivity index (χ0n) is 13.4. The van der Waals surface area contributed by atoms with E-state index in [2.05, 4.69) is 5.32 Å². The number of benzene rings is 2. The predicted octanol–water partition coefficient (Wildman–Crippen LogP) is 3.44. The third kappa shape index (κ3) is 5.75. The Labute approximate surface area is 152 Å². The van der Waals surface area contributed by atoms with E-state index < -0.39 is 27.5 Å². The topological polar surface area (TPSA) is 89.3 Å². The number of halogens is 3. The first kappa shape index (κ1) is 20.3. The highest BCUT2D eigenvalue weighted by Gasteiger charge is 2.29. The smallest absolute Gasteiger partial charge is 0.346 e. The zero-order chi connectivity index (χ0) is 19.5. The lowest BCUT2D eigenvalue weighted by Crippen LogP contribution is -2.26. The molecule has 0 aromatic heterocycles. The maximum Gasteiger partial charge on any atom is 0.446 e. The number of nitrogens with one attached hydrogen (secondary N) is 1. The number of hydrogen-bond donors (Lipinski definition) is 2. The molecule has 0 heterocycles. The molecule has 0 aliphatic heterocycles. The summed E-state index contributed by atoms with van der Waals surface area (Å²) in [6.45, 7) is 1.69. The van der Waals surface area contributed by atoms with E-state index in [9.17, 15) is 26.4 Å². The molecule has 5 nitrogen and oxygen atoms in total. The number of primary sulfonamides is 1. The summed E-state index contributed by atoms with van der Waals surface area (Å²) in [5.74, 6) is -0.461. The normalized spacial score (nSPS) is 13.3. The van der Waals surface area contributed by atoms with Crippen molar-refractivity contribution in [2.45, 2.75) is 28.3 Å². The van der Waals surface area contributed by atoms with Gasteiger partial charge in [-0.3, -0.25) is 4.79 Å². The van der Waals surface area contributed by atoms with Crippen LogP contribution in [-0.2, 0) is 10.0 Å². The molecule has 2 aromatic carbocycles. The van der Waals surface area contributed by atoms with Gasteiger partial charge in [0.2, 0.25) is 10.0 Å². The maximum atomic E-state index is 12.3. The Bertz CT molecular complexity index is 880. The summed E-state index contributed by atoms with van der Waals surface area (Å²) in [7, 11) is -3.80. The van der Waals surface area contributed by atoms with Gasteiger partial charge in [-0.1, -0.05) is 12.1 Å². The molecule has 2 rings (SSSR count). The molecule has 2 aromatic rings. The van der Waals surface area contributed by atoms with Crippen molar-refractivity contribution < 1.29 is 26.4 Å². The predicted molar refractivity (Wildman–Crippen MR) is 92.1 cm³/mol. The molecule has 0 saturated heterocycles. The number of rotatable bonds is 5. The fraction of sp³-hybridized carbons (Fsp3) is 0.188. The van der Waals surface area contributed by atoms with Crippen LogP contribution < -0.4 is 10.5 Å². The van der Waals surface area contributed by atoms with E-state index in [0.29, 0.717) is 5.56 Å². The Morgan fingerprint density at radius 2 is 1.62 bits per heavy atom. The van der Waals surface area contributed by atoms with Gasteiger partial charge in [0, 0.05) is 10.5 Å². The first-order valence-electron chi connectivity index (χ1n) is 7.25. The van der Waals surface area contributed by atoms with Crippen LogP contribution in [-0.4, -0.2) is 19.8 Å². The quantitative estimate of drug-likeness (QED) is 0.747. The second-order valence-corrected chi connectivity index (χ2v) is 8.08. The molecule has 10 heteroatoms. The minimum Gasteiger partial charge on any atom is -0.346 e. The Hall–Kier alpha value is -2.04. The third-order valence-electron chi connectivity index (χ3n) is 3.41. The van der Waals surface area contributed by atoms with Crippen molar-refractivity contribution in [1.82, 2.24) is 5.32 Å². The van der Waals surface area contributed by atoms with Crippen molar-refractivity contribution >= 4 is 27.7 Å². The Balaban J connectivity index is 2.04. The summed E-state index contributed by atoms with van der Waals surface area (Å²) in [6, 6.07) is 10.3. The zero-order valence-corrected chi connectivity index (χ0v) is 15.1. The van der Waals surface area contributed by atoms with Crippen LogP contribution in [0.1, 0.15) is 28.9 Å². The first-order valence-corrected chi connectivity index (χ1v) is 9.61. The van der Waals surface area contributed by atoms with Gasteiger partial charge in [-0.15, -0.1) is 0 Å². The van der Waals surface area contributed by atoms with Crippen LogP contribution in [0.2, 0.25) is 0 Å². The molecule has 0 aliphatic rings. The Morgan fingerprint density at radius 1 is 1.08 bits per heavy atom. The lowest BCUT2D eigenvalue weighted by atomic mass is 10.1. The van der Waals surface area contributed by atoms with E-state index in [1.165, 1.54) is 48.5 Å². The van der Waals surface area contributed by atoms with Crippen LogP contribution in [0.4, 0.5) is 13.2 Å². The van der Waals surface area contributed by atoms with Gasteiger partial charge < -0.3 is 5.32 Å². The molecule has 0 spiro atoms. The molecule has 0 saturated carbocycles. The minimum absolute atomic E-state index is 0.0133. The van der Waals surface area contributed by atoms with Gasteiger partial charge in [0.15, 0.2) is 0 Å². The number of sulfonamides is 1. The highest BCUT2D eigenvalue weighted by molar-refractivity contribution is 8.00. The number of carbonyl (C=O) groups is 1. The largest absolute Gasteiger partial charge is 0.446 e. The summed E-state index contributed by atoms with van der Waals surface area (Å²) in [5.41, 5.74) is -3.53. The molecule has 1 amide bonds. The van der Waals surface area contributed by atoms with Gasteiger partial charge in [0.1, 0.15) is 0 Å². The standard InChI is InChI=1S/C16H15F3N2O3S2/c1-10(11-4-8-14(9-5-11)26(20,23)24)21-15(22)12-2-6-13(7-3-12)25-16(17,18)19/h2-10H,1H3,(H,21,22)(H2,20,23,24). The van der Waals surface area contributed by atoms with E-state index in [1.807, 2.05) is 0 Å². The number of amides is 1. The minimum atomic E-state index is -4.39. The SMILES string of the molecule is CC(NC(=O)c1ccc(SC(F)(F)F)cc1)c1ccc(S(N)(=O)=O)cc1. The van der Waals surface area contributed by atoms with E-state index in [0.717, 1.165) is 0 Å². The van der Waals surface area contributed by atoms with Gasteiger partial charge >= 0.3 is 5.51 Å². The summed E-state index contributed by atoms with van der Waals surface area (Å²) in [5, 5.41) is 7.71. The maximum absolute atomic E-state index is 12.3. The van der Waals surface area contributed by atoms with E-state index in [-0.39, 0.29) is 27.1 Å². The molecular formula is C16H15F3N2O3S2. The molecule has 0 radical (unpaired) electrons. The second kappa shape index (κ2) is 7.68. The molecule has 0 bridgehead atoms. The molecule has 1 atom stereocenters. The summed E-state index contributed by atoms with van der Waals surface area (Å²) in [6.07, 6.45) is 0. The van der Waals surface area contributed by atoms with Crippen molar-refractivity contribution in [3.63, 3.8) is 0 Å². The molecule has 1 unspecified atom stereocenters. The average Bonchev–Trinajstić information content (AvgIpc) is 2.53. The average molecular weight is 404 g/mol. The van der Waals surface area contributed by atoms with Gasteiger partial charge in [0.25, 0.3) is 5.91 Å². The number of alkyl halides is 3. The molecule has 3 N–H and O–H groups in total. The van der Waals surface area contributed by atoms with E-state index in [1.54, 1.807) is 6.92 Å². The lowest BCUT2D eigenvalue weighted by Gasteiger charge is -2.15. The summed E-state index contributed by atoms with van der Waals surface area (Å²) < 4.78 is 59.4. The van der Waals surface area contributed by atoms with Crippen LogP contribution in [0.15, 0.2) is 58.3 Å². The van der Waals surface area contributed by atoms with E-state index in [4.69, 9.17) is 5.14 Å².